The molecule has 0 amide bonds. The van der Waals surface area contributed by atoms with Crippen LogP contribution in [0.2, 0.25) is 0 Å². The van der Waals surface area contributed by atoms with Crippen molar-refractivity contribution in [1.29, 1.82) is 0 Å². The number of ether oxygens (including phenoxy) is 1. The number of likely N-dealkylation sites (N-methyl/N-ethyl adjacent to an activating group) is 1. The van der Waals surface area contributed by atoms with E-state index in [1.165, 1.54) is 11.1 Å². The number of nitrogens with one attached hydrogen (secondary N) is 1. The summed E-state index contributed by atoms with van der Waals surface area (Å²) < 4.78 is 5.58. The first kappa shape index (κ1) is 15.3. The van der Waals surface area contributed by atoms with Gasteiger partial charge in [0.1, 0.15) is 5.75 Å². The molecule has 2 rings (SSSR count). The summed E-state index contributed by atoms with van der Waals surface area (Å²) in [4.78, 5) is 2.45. The molecule has 20 heavy (non-hydrogen) atoms. The number of hydrogen-bond acceptors (Lipinski definition) is 3. The van der Waals surface area contributed by atoms with E-state index in [0.717, 1.165) is 51.4 Å². The molecule has 1 unspecified atom stereocenters. The van der Waals surface area contributed by atoms with Crippen molar-refractivity contribution in [2.75, 3.05) is 32.8 Å². The molecule has 0 bridgehead atoms. The molecular formula is C17H28N2O. The minimum absolute atomic E-state index is 0.455. The van der Waals surface area contributed by atoms with Gasteiger partial charge in [-0.3, -0.25) is 0 Å². The van der Waals surface area contributed by atoms with Crippen LogP contribution in [0.25, 0.3) is 0 Å². The van der Waals surface area contributed by atoms with Crippen molar-refractivity contribution in [3.8, 4) is 5.75 Å². The smallest absolute Gasteiger partial charge is 0.122 e. The maximum absolute atomic E-state index is 5.58. The summed E-state index contributed by atoms with van der Waals surface area (Å²) in [5.74, 6) is 1.08. The Morgan fingerprint density at radius 2 is 2.05 bits per heavy atom. The number of rotatable bonds is 8. The molecule has 1 heterocycles. The molecule has 0 radical (unpaired) electrons. The Balaban J connectivity index is 1.91. The predicted octanol–water partition coefficient (Wildman–Crippen LogP) is 3.00. The monoisotopic (exact) mass is 276 g/mol. The molecule has 1 aliphatic heterocycles. The lowest BCUT2D eigenvalue weighted by Crippen LogP contribution is -2.33. The van der Waals surface area contributed by atoms with Crippen molar-refractivity contribution in [3.05, 3.63) is 29.3 Å². The minimum Gasteiger partial charge on any atom is -0.493 e. The van der Waals surface area contributed by atoms with Gasteiger partial charge >= 0.3 is 0 Å². The maximum atomic E-state index is 5.58. The summed E-state index contributed by atoms with van der Waals surface area (Å²) in [7, 11) is 0. The van der Waals surface area contributed by atoms with Crippen molar-refractivity contribution in [2.24, 2.45) is 0 Å². The van der Waals surface area contributed by atoms with E-state index in [9.17, 15) is 0 Å². The molecular weight excluding hydrogens is 248 g/mol. The summed E-state index contributed by atoms with van der Waals surface area (Å²) in [6.07, 6.45) is 2.18. The van der Waals surface area contributed by atoms with Gasteiger partial charge in [0.15, 0.2) is 0 Å². The third-order valence-corrected chi connectivity index (χ3v) is 4.24. The zero-order valence-corrected chi connectivity index (χ0v) is 13.1. The Morgan fingerprint density at radius 1 is 1.25 bits per heavy atom. The highest BCUT2D eigenvalue weighted by Crippen LogP contribution is 2.28. The highest BCUT2D eigenvalue weighted by molar-refractivity contribution is 5.40. The number of benzene rings is 1. The van der Waals surface area contributed by atoms with E-state index in [2.05, 4.69) is 49.2 Å². The Kier molecular flexibility index (Phi) is 5.86. The minimum atomic E-state index is 0.455. The quantitative estimate of drug-likeness (QED) is 0.790. The fourth-order valence-corrected chi connectivity index (χ4v) is 2.86. The van der Waals surface area contributed by atoms with E-state index in [-0.39, 0.29) is 0 Å². The van der Waals surface area contributed by atoms with Gasteiger partial charge in [-0.15, -0.1) is 0 Å². The lowest BCUT2D eigenvalue weighted by Gasteiger charge is -2.22. The second-order valence-electron chi connectivity index (χ2n) is 5.41. The number of nitrogens with zero attached hydrogens (tertiary/aromatic N) is 1. The molecule has 1 aromatic rings. The second-order valence-corrected chi connectivity index (χ2v) is 5.41. The molecule has 1 aromatic carbocycles. The first-order valence-electron chi connectivity index (χ1n) is 7.99. The molecule has 3 nitrogen and oxygen atoms in total. The van der Waals surface area contributed by atoms with E-state index >= 15 is 0 Å². The highest BCUT2D eigenvalue weighted by atomic mass is 16.5. The summed E-state index contributed by atoms with van der Waals surface area (Å²) in [6.45, 7) is 12.0. The van der Waals surface area contributed by atoms with Gasteiger partial charge in [-0.05, 0) is 36.7 Å². The van der Waals surface area contributed by atoms with Crippen LogP contribution < -0.4 is 10.1 Å². The SMILES string of the molecule is CCC(NCCN(CC)CC)c1ccc2c(c1)CCO2. The van der Waals surface area contributed by atoms with Gasteiger partial charge in [-0.25, -0.2) is 0 Å². The van der Waals surface area contributed by atoms with Gasteiger partial charge in [-0.1, -0.05) is 32.9 Å². The fourth-order valence-electron chi connectivity index (χ4n) is 2.86. The topological polar surface area (TPSA) is 24.5 Å². The van der Waals surface area contributed by atoms with Crippen molar-refractivity contribution >= 4 is 0 Å². The van der Waals surface area contributed by atoms with Crippen molar-refractivity contribution in [2.45, 2.75) is 39.7 Å². The summed E-state index contributed by atoms with van der Waals surface area (Å²) in [5, 5.41) is 3.69. The van der Waals surface area contributed by atoms with Crippen molar-refractivity contribution in [1.82, 2.24) is 10.2 Å². The van der Waals surface area contributed by atoms with Crippen LogP contribution in [0.15, 0.2) is 18.2 Å². The lowest BCUT2D eigenvalue weighted by atomic mass is 10.0. The summed E-state index contributed by atoms with van der Waals surface area (Å²) in [6, 6.07) is 7.12. The third-order valence-electron chi connectivity index (χ3n) is 4.24. The van der Waals surface area contributed by atoms with E-state index < -0.39 is 0 Å². The largest absolute Gasteiger partial charge is 0.493 e. The van der Waals surface area contributed by atoms with E-state index in [1.54, 1.807) is 0 Å². The van der Waals surface area contributed by atoms with Gasteiger partial charge < -0.3 is 15.0 Å². The van der Waals surface area contributed by atoms with Gasteiger partial charge in [0.05, 0.1) is 6.61 Å². The first-order valence-corrected chi connectivity index (χ1v) is 7.99. The highest BCUT2D eigenvalue weighted by Gasteiger charge is 2.15. The summed E-state index contributed by atoms with van der Waals surface area (Å²) in [5.41, 5.74) is 2.77. The van der Waals surface area contributed by atoms with Crippen LogP contribution in [0.1, 0.15) is 44.4 Å². The van der Waals surface area contributed by atoms with Crippen LogP contribution >= 0.6 is 0 Å². The molecule has 1 aliphatic rings. The normalized spacial score (nSPS) is 15.2. The van der Waals surface area contributed by atoms with Crippen LogP contribution in [0.3, 0.4) is 0 Å². The Labute approximate surface area is 123 Å². The second kappa shape index (κ2) is 7.65. The van der Waals surface area contributed by atoms with Crippen LogP contribution in [0.5, 0.6) is 5.75 Å². The predicted molar refractivity (Wildman–Crippen MR) is 84.5 cm³/mol. The van der Waals surface area contributed by atoms with Crippen LogP contribution in [0, 0.1) is 0 Å². The Bertz CT molecular complexity index is 415. The maximum Gasteiger partial charge on any atom is 0.122 e. The first-order chi connectivity index (χ1) is 9.78. The lowest BCUT2D eigenvalue weighted by molar-refractivity contribution is 0.295. The van der Waals surface area contributed by atoms with Crippen LogP contribution in [-0.4, -0.2) is 37.7 Å². The van der Waals surface area contributed by atoms with Crippen molar-refractivity contribution in [3.63, 3.8) is 0 Å². The molecule has 1 atom stereocenters. The van der Waals surface area contributed by atoms with Gasteiger partial charge in [0, 0.05) is 25.6 Å². The molecule has 0 aliphatic carbocycles. The van der Waals surface area contributed by atoms with Gasteiger partial charge in [-0.2, -0.15) is 0 Å². The summed E-state index contributed by atoms with van der Waals surface area (Å²) >= 11 is 0. The van der Waals surface area contributed by atoms with Crippen LogP contribution in [-0.2, 0) is 6.42 Å². The number of fused-ring (bicyclic) bond motifs is 1. The number of hydrogen-bond donors (Lipinski definition) is 1. The molecule has 0 saturated heterocycles. The molecule has 0 saturated carbocycles. The standard InChI is InChI=1S/C17H28N2O/c1-4-16(18-10-11-19(5-2)6-3)14-7-8-17-15(13-14)9-12-20-17/h7-8,13,16,18H,4-6,9-12H2,1-3H3. The Hall–Kier alpha value is -1.06. The zero-order valence-electron chi connectivity index (χ0n) is 13.1. The average Bonchev–Trinajstić information content (AvgIpc) is 2.95. The third kappa shape index (κ3) is 3.74. The molecule has 1 N–H and O–H groups in total. The zero-order chi connectivity index (χ0) is 14.4. The van der Waals surface area contributed by atoms with E-state index in [0.29, 0.717) is 6.04 Å². The molecule has 0 spiro atoms. The molecule has 112 valence electrons. The average molecular weight is 276 g/mol. The van der Waals surface area contributed by atoms with E-state index in [1.807, 2.05) is 0 Å². The van der Waals surface area contributed by atoms with Crippen molar-refractivity contribution < 1.29 is 4.74 Å². The van der Waals surface area contributed by atoms with E-state index in [4.69, 9.17) is 4.74 Å². The molecule has 0 aromatic heterocycles. The Morgan fingerprint density at radius 3 is 2.75 bits per heavy atom. The molecule has 0 fully saturated rings. The van der Waals surface area contributed by atoms with Gasteiger partial charge in [0.2, 0.25) is 0 Å². The van der Waals surface area contributed by atoms with Crippen LogP contribution in [0.4, 0.5) is 0 Å². The fraction of sp³-hybridized carbons (Fsp3) is 0.647. The molecule has 3 heteroatoms. The van der Waals surface area contributed by atoms with Gasteiger partial charge in [0.25, 0.3) is 0 Å².